The Morgan fingerprint density at radius 1 is 1.60 bits per heavy atom. The average Bonchev–Trinajstić information content (AvgIpc) is 2.50. The Morgan fingerprint density at radius 3 is 2.87 bits per heavy atom. The van der Waals surface area contributed by atoms with E-state index in [4.69, 9.17) is 5.11 Å². The van der Waals surface area contributed by atoms with Crippen LogP contribution < -0.4 is 0 Å². The zero-order valence-corrected chi connectivity index (χ0v) is 9.78. The molecule has 0 aliphatic carbocycles. The van der Waals surface area contributed by atoms with Crippen LogP contribution in [0.25, 0.3) is 0 Å². The Morgan fingerprint density at radius 2 is 2.33 bits per heavy atom. The Kier molecular flexibility index (Phi) is 5.05. The van der Waals surface area contributed by atoms with Gasteiger partial charge in [0, 0.05) is 19.5 Å². The molecule has 0 saturated carbocycles. The molecule has 1 atom stereocenters. The van der Waals surface area contributed by atoms with E-state index in [1.807, 2.05) is 0 Å². The molecule has 1 aliphatic rings. The van der Waals surface area contributed by atoms with Crippen LogP contribution in [0.2, 0.25) is 0 Å². The van der Waals surface area contributed by atoms with E-state index < -0.39 is 5.97 Å². The van der Waals surface area contributed by atoms with Gasteiger partial charge in [-0.25, -0.2) is 0 Å². The van der Waals surface area contributed by atoms with E-state index in [9.17, 15) is 4.79 Å². The highest BCUT2D eigenvalue weighted by molar-refractivity contribution is 5.66. The van der Waals surface area contributed by atoms with Crippen LogP contribution in [0.1, 0.15) is 19.3 Å². The molecule has 88 valence electrons. The number of nitrogens with zero attached hydrogens (tertiary/aromatic N) is 2. The van der Waals surface area contributed by atoms with Crippen molar-refractivity contribution in [2.24, 2.45) is 5.92 Å². The maximum atomic E-state index is 10.3. The molecule has 1 rings (SSSR count). The first kappa shape index (κ1) is 12.5. The van der Waals surface area contributed by atoms with Crippen molar-refractivity contribution in [3.63, 3.8) is 0 Å². The maximum Gasteiger partial charge on any atom is 0.303 e. The van der Waals surface area contributed by atoms with E-state index in [2.05, 4.69) is 23.9 Å². The summed E-state index contributed by atoms with van der Waals surface area (Å²) >= 11 is 0. The van der Waals surface area contributed by atoms with Crippen molar-refractivity contribution in [3.05, 3.63) is 0 Å². The molecule has 1 aliphatic heterocycles. The fraction of sp³-hybridized carbons (Fsp3) is 0.909. The van der Waals surface area contributed by atoms with Crippen LogP contribution in [0.3, 0.4) is 0 Å². The smallest absolute Gasteiger partial charge is 0.303 e. The zero-order valence-electron chi connectivity index (χ0n) is 9.78. The highest BCUT2D eigenvalue weighted by Crippen LogP contribution is 2.15. The summed E-state index contributed by atoms with van der Waals surface area (Å²) in [6, 6.07) is 0. The van der Waals surface area contributed by atoms with Gasteiger partial charge in [-0.15, -0.1) is 0 Å². The Balaban J connectivity index is 2.07. The van der Waals surface area contributed by atoms with Gasteiger partial charge in [-0.05, 0) is 45.9 Å². The summed E-state index contributed by atoms with van der Waals surface area (Å²) in [4.78, 5) is 15.0. The van der Waals surface area contributed by atoms with Crippen LogP contribution >= 0.6 is 0 Å². The molecule has 4 nitrogen and oxygen atoms in total. The summed E-state index contributed by atoms with van der Waals surface area (Å²) in [5, 5.41) is 8.52. The summed E-state index contributed by atoms with van der Waals surface area (Å²) in [7, 11) is 4.24. The molecular weight excluding hydrogens is 192 g/mol. The summed E-state index contributed by atoms with van der Waals surface area (Å²) in [6.45, 7) is 4.38. The second-order valence-electron chi connectivity index (χ2n) is 4.68. The first-order chi connectivity index (χ1) is 7.08. The van der Waals surface area contributed by atoms with Crippen LogP contribution in [-0.2, 0) is 4.79 Å². The number of carboxylic acids is 1. The van der Waals surface area contributed by atoms with Gasteiger partial charge in [-0.1, -0.05) is 0 Å². The molecule has 0 aromatic heterocycles. The van der Waals surface area contributed by atoms with Crippen molar-refractivity contribution >= 4 is 5.97 Å². The third-order valence-electron chi connectivity index (χ3n) is 2.99. The summed E-state index contributed by atoms with van der Waals surface area (Å²) in [5.74, 6) is 0.0776. The highest BCUT2D eigenvalue weighted by atomic mass is 16.4. The maximum absolute atomic E-state index is 10.3. The van der Waals surface area contributed by atoms with Crippen LogP contribution in [0.15, 0.2) is 0 Å². The number of rotatable bonds is 6. The SMILES string of the molecule is CN(CCCC(=O)O)CC1CCN(C)C1. The fourth-order valence-corrected chi connectivity index (χ4v) is 2.21. The standard InChI is InChI=1S/C11H22N2O2/c1-12(6-3-4-11(14)15)8-10-5-7-13(2)9-10/h10H,3-9H2,1-2H3,(H,14,15). The van der Waals surface area contributed by atoms with Crippen LogP contribution in [-0.4, -0.2) is 61.2 Å². The number of carbonyl (C=O) groups is 1. The lowest BCUT2D eigenvalue weighted by molar-refractivity contribution is -0.137. The third-order valence-corrected chi connectivity index (χ3v) is 2.99. The van der Waals surface area contributed by atoms with Gasteiger partial charge in [0.25, 0.3) is 0 Å². The molecule has 0 aromatic rings. The molecule has 1 N–H and O–H groups in total. The van der Waals surface area contributed by atoms with Crippen LogP contribution in [0.4, 0.5) is 0 Å². The first-order valence-electron chi connectivity index (χ1n) is 5.67. The number of likely N-dealkylation sites (tertiary alicyclic amines) is 1. The lowest BCUT2D eigenvalue weighted by Gasteiger charge is -2.20. The number of carboxylic acid groups (broad SMARTS) is 1. The normalized spacial score (nSPS) is 22.5. The summed E-state index contributed by atoms with van der Waals surface area (Å²) in [6.07, 6.45) is 2.32. The van der Waals surface area contributed by atoms with Gasteiger partial charge < -0.3 is 14.9 Å². The lowest BCUT2D eigenvalue weighted by Crippen LogP contribution is -2.28. The Labute approximate surface area is 91.9 Å². The quantitative estimate of drug-likeness (QED) is 0.708. The van der Waals surface area contributed by atoms with Gasteiger partial charge in [0.05, 0.1) is 0 Å². The molecular formula is C11H22N2O2. The molecule has 15 heavy (non-hydrogen) atoms. The second-order valence-corrected chi connectivity index (χ2v) is 4.68. The van der Waals surface area contributed by atoms with Crippen molar-refractivity contribution in [2.45, 2.75) is 19.3 Å². The molecule has 1 saturated heterocycles. The van der Waals surface area contributed by atoms with Gasteiger partial charge in [0.2, 0.25) is 0 Å². The molecule has 0 bridgehead atoms. The molecule has 1 heterocycles. The zero-order chi connectivity index (χ0) is 11.3. The minimum Gasteiger partial charge on any atom is -0.481 e. The summed E-state index contributed by atoms with van der Waals surface area (Å²) in [5.41, 5.74) is 0. The minimum absolute atomic E-state index is 0.287. The van der Waals surface area contributed by atoms with Crippen molar-refractivity contribution < 1.29 is 9.90 Å². The van der Waals surface area contributed by atoms with Crippen LogP contribution in [0.5, 0.6) is 0 Å². The van der Waals surface area contributed by atoms with Gasteiger partial charge in [0.1, 0.15) is 0 Å². The van der Waals surface area contributed by atoms with Crippen molar-refractivity contribution in [3.8, 4) is 0 Å². The molecule has 0 spiro atoms. The van der Waals surface area contributed by atoms with Crippen molar-refractivity contribution in [1.29, 1.82) is 0 Å². The lowest BCUT2D eigenvalue weighted by atomic mass is 10.1. The molecule has 0 aromatic carbocycles. The van der Waals surface area contributed by atoms with Gasteiger partial charge in [-0.2, -0.15) is 0 Å². The number of hydrogen-bond donors (Lipinski definition) is 1. The first-order valence-corrected chi connectivity index (χ1v) is 5.67. The Hall–Kier alpha value is -0.610. The predicted molar refractivity (Wildman–Crippen MR) is 60.0 cm³/mol. The van der Waals surface area contributed by atoms with Gasteiger partial charge in [0.15, 0.2) is 0 Å². The topological polar surface area (TPSA) is 43.8 Å². The monoisotopic (exact) mass is 214 g/mol. The van der Waals surface area contributed by atoms with Gasteiger partial charge >= 0.3 is 5.97 Å². The van der Waals surface area contributed by atoms with E-state index in [1.165, 1.54) is 19.5 Å². The molecule has 0 amide bonds. The Bertz CT molecular complexity index is 209. The largest absolute Gasteiger partial charge is 0.481 e. The number of aliphatic carboxylic acids is 1. The third kappa shape index (κ3) is 5.14. The second kappa shape index (κ2) is 6.08. The highest BCUT2D eigenvalue weighted by Gasteiger charge is 2.20. The number of hydrogen-bond acceptors (Lipinski definition) is 3. The average molecular weight is 214 g/mol. The van der Waals surface area contributed by atoms with Crippen molar-refractivity contribution in [1.82, 2.24) is 9.80 Å². The van der Waals surface area contributed by atoms with E-state index >= 15 is 0 Å². The molecule has 0 radical (unpaired) electrons. The van der Waals surface area contributed by atoms with E-state index in [0.29, 0.717) is 0 Å². The van der Waals surface area contributed by atoms with E-state index in [-0.39, 0.29) is 6.42 Å². The van der Waals surface area contributed by atoms with Crippen molar-refractivity contribution in [2.75, 3.05) is 40.3 Å². The minimum atomic E-state index is -0.691. The fourth-order valence-electron chi connectivity index (χ4n) is 2.21. The predicted octanol–water partition coefficient (Wildman–Crippen LogP) is 0.735. The van der Waals surface area contributed by atoms with Crippen LogP contribution in [0, 0.1) is 5.92 Å². The van der Waals surface area contributed by atoms with Gasteiger partial charge in [-0.3, -0.25) is 4.79 Å². The molecule has 1 fully saturated rings. The summed E-state index contributed by atoms with van der Waals surface area (Å²) < 4.78 is 0. The molecule has 1 unspecified atom stereocenters. The van der Waals surface area contributed by atoms with E-state index in [1.54, 1.807) is 0 Å². The van der Waals surface area contributed by atoms with E-state index in [0.717, 1.165) is 25.4 Å². The molecule has 4 heteroatoms.